The van der Waals surface area contributed by atoms with E-state index in [1.165, 1.54) is 29.5 Å². The second kappa shape index (κ2) is 12.4. The van der Waals surface area contributed by atoms with Crippen molar-refractivity contribution in [2.45, 2.75) is 50.3 Å². The molecule has 1 aliphatic heterocycles. The topological polar surface area (TPSA) is 137 Å². The molecule has 0 radical (unpaired) electrons. The van der Waals surface area contributed by atoms with Crippen LogP contribution in [0.5, 0.6) is 0 Å². The smallest absolute Gasteiger partial charge is 0.357 e. The first-order valence-corrected chi connectivity index (χ1v) is 17.1. The van der Waals surface area contributed by atoms with Gasteiger partial charge in [0.2, 0.25) is 15.2 Å². The number of amides is 1. The number of primary sulfonamides is 1. The molecule has 0 atom stereocenters. The lowest BCUT2D eigenvalue weighted by Gasteiger charge is -2.16. The lowest BCUT2D eigenvalue weighted by atomic mass is 9.96. The van der Waals surface area contributed by atoms with E-state index in [-0.39, 0.29) is 24.3 Å². The molecule has 2 aromatic carbocycles. The predicted molar refractivity (Wildman–Crippen MR) is 163 cm³/mol. The molecular formula is C31H31F2N5O5S2. The third-order valence-electron chi connectivity index (χ3n) is 7.97. The number of nitrogens with zero attached hydrogens (tertiary/aromatic N) is 4. The fourth-order valence-electron chi connectivity index (χ4n) is 5.54. The van der Waals surface area contributed by atoms with E-state index in [0.29, 0.717) is 52.9 Å². The highest BCUT2D eigenvalue weighted by Crippen LogP contribution is 2.38. The van der Waals surface area contributed by atoms with E-state index in [0.717, 1.165) is 43.5 Å². The van der Waals surface area contributed by atoms with Crippen molar-refractivity contribution < 1.29 is 31.5 Å². The van der Waals surface area contributed by atoms with Crippen LogP contribution in [-0.2, 0) is 27.6 Å². The number of esters is 1. The largest absolute Gasteiger partial charge is 0.461 e. The van der Waals surface area contributed by atoms with Gasteiger partial charge in [0.15, 0.2) is 5.69 Å². The number of nitrogens with two attached hydrogens (primary N) is 1. The lowest BCUT2D eigenvalue weighted by molar-refractivity contribution is 0.0520. The van der Waals surface area contributed by atoms with E-state index < -0.39 is 38.4 Å². The molecule has 6 rings (SSSR count). The Bertz CT molecular complexity index is 1900. The number of carbonyl (C=O) groups is 2. The molecule has 1 aliphatic carbocycles. The van der Waals surface area contributed by atoms with Gasteiger partial charge in [0.1, 0.15) is 16.5 Å². The Morgan fingerprint density at radius 2 is 1.84 bits per heavy atom. The first kappa shape index (κ1) is 31.0. The molecule has 2 aliphatic rings. The number of thiazole rings is 1. The molecule has 14 heteroatoms. The summed E-state index contributed by atoms with van der Waals surface area (Å²) in [6.07, 6.45) is 4.48. The molecule has 4 aromatic rings. The minimum atomic E-state index is -4.26. The molecule has 45 heavy (non-hydrogen) atoms. The van der Waals surface area contributed by atoms with Gasteiger partial charge in [-0.05, 0) is 80.8 Å². The van der Waals surface area contributed by atoms with E-state index in [9.17, 15) is 22.4 Å². The Kier molecular flexibility index (Phi) is 8.55. The summed E-state index contributed by atoms with van der Waals surface area (Å²) in [5.74, 6) is -2.21. The van der Waals surface area contributed by atoms with E-state index in [1.807, 2.05) is 0 Å². The van der Waals surface area contributed by atoms with Gasteiger partial charge in [-0.1, -0.05) is 6.07 Å². The second-order valence-electron chi connectivity index (χ2n) is 11.2. The van der Waals surface area contributed by atoms with Crippen molar-refractivity contribution in [1.82, 2.24) is 19.7 Å². The van der Waals surface area contributed by atoms with Crippen LogP contribution in [0.3, 0.4) is 0 Å². The first-order valence-electron chi connectivity index (χ1n) is 14.7. The molecule has 3 heterocycles. The summed E-state index contributed by atoms with van der Waals surface area (Å²) in [6, 6.07) is 8.01. The minimum Gasteiger partial charge on any atom is -0.461 e. The van der Waals surface area contributed by atoms with Gasteiger partial charge in [0.25, 0.3) is 5.91 Å². The first-order chi connectivity index (χ1) is 21.5. The molecular weight excluding hydrogens is 625 g/mol. The Hall–Kier alpha value is -4.01. The summed E-state index contributed by atoms with van der Waals surface area (Å²) in [6.45, 7) is 3.01. The quantitative estimate of drug-likeness (QED) is 0.241. The van der Waals surface area contributed by atoms with Gasteiger partial charge in [0.05, 0.1) is 23.6 Å². The normalized spacial score (nSPS) is 15.1. The van der Waals surface area contributed by atoms with Gasteiger partial charge in [-0.15, -0.1) is 11.3 Å². The second-order valence-corrected chi connectivity index (χ2v) is 13.6. The Morgan fingerprint density at radius 1 is 1.09 bits per heavy atom. The molecule has 2 aromatic heterocycles. The number of sulfonamides is 1. The number of likely N-dealkylation sites (tertiary alicyclic amines) is 1. The molecule has 1 saturated carbocycles. The molecule has 2 fully saturated rings. The number of halogens is 2. The number of hydrogen-bond donors (Lipinski definition) is 1. The minimum absolute atomic E-state index is 0.0685. The van der Waals surface area contributed by atoms with Crippen molar-refractivity contribution in [2.24, 2.45) is 11.1 Å². The van der Waals surface area contributed by atoms with Gasteiger partial charge < -0.3 is 9.64 Å². The lowest BCUT2D eigenvalue weighted by Crippen LogP contribution is -2.28. The summed E-state index contributed by atoms with van der Waals surface area (Å²) in [5.41, 5.74) is 2.89. The number of benzene rings is 2. The average Bonchev–Trinajstić information content (AvgIpc) is 3.35. The number of hydrogen-bond acceptors (Lipinski definition) is 8. The fraction of sp³-hybridized carbons (Fsp3) is 0.355. The Balaban J connectivity index is 1.50. The molecule has 2 N–H and O–H groups in total. The van der Waals surface area contributed by atoms with Crippen LogP contribution in [0, 0.1) is 17.6 Å². The molecule has 1 amide bonds. The van der Waals surface area contributed by atoms with Gasteiger partial charge in [0, 0.05) is 36.0 Å². The zero-order valence-electron chi connectivity index (χ0n) is 24.5. The summed E-state index contributed by atoms with van der Waals surface area (Å²) in [4.78, 5) is 31.2. The maximum Gasteiger partial charge on any atom is 0.357 e. The maximum atomic E-state index is 15.1. The van der Waals surface area contributed by atoms with Crippen molar-refractivity contribution in [1.29, 1.82) is 0 Å². The summed E-state index contributed by atoms with van der Waals surface area (Å²) in [5, 5.41) is 12.1. The van der Waals surface area contributed by atoms with Gasteiger partial charge >= 0.3 is 5.97 Å². The van der Waals surface area contributed by atoms with Gasteiger partial charge in [-0.3, -0.25) is 4.79 Å². The average molecular weight is 656 g/mol. The van der Waals surface area contributed by atoms with Crippen LogP contribution in [0.25, 0.3) is 16.4 Å². The van der Waals surface area contributed by atoms with Crippen LogP contribution in [0.1, 0.15) is 70.3 Å². The molecule has 0 spiro atoms. The number of aromatic nitrogens is 3. The van der Waals surface area contributed by atoms with E-state index in [1.54, 1.807) is 28.0 Å². The third kappa shape index (κ3) is 6.53. The zero-order valence-corrected chi connectivity index (χ0v) is 26.1. The summed E-state index contributed by atoms with van der Waals surface area (Å²) in [7, 11) is -4.26. The molecule has 10 nitrogen and oxygen atoms in total. The Labute approximate surface area is 262 Å². The van der Waals surface area contributed by atoms with Gasteiger partial charge in [-0.25, -0.2) is 36.8 Å². The number of carbonyl (C=O) groups excluding carboxylic acids is 2. The fourth-order valence-corrected chi connectivity index (χ4v) is 6.90. The standard InChI is InChI=1S/C31H31F2N5O5S2/c1-2-43-30(40)25-17-44-31(35-25)38-26(15-18-5-6-18)22(13-19-7-10-27(24(33)14-19)45(34,41)42)28(36-38)20-8-9-23(32)21(16-20)29(39)37-11-3-4-12-37/h7-10,14,16-18H,2-6,11-13,15H2,1H3,(H2,34,41,42). The van der Waals surface area contributed by atoms with E-state index >= 15 is 4.39 Å². The molecule has 0 unspecified atom stereocenters. The van der Waals surface area contributed by atoms with E-state index in [4.69, 9.17) is 15.0 Å². The number of rotatable bonds is 10. The summed E-state index contributed by atoms with van der Waals surface area (Å²) < 4.78 is 60.4. The monoisotopic (exact) mass is 655 g/mol. The highest BCUT2D eigenvalue weighted by molar-refractivity contribution is 7.89. The van der Waals surface area contributed by atoms with Crippen LogP contribution < -0.4 is 5.14 Å². The molecule has 0 bridgehead atoms. The van der Waals surface area contributed by atoms with Crippen LogP contribution in [-0.4, -0.2) is 59.7 Å². The Morgan fingerprint density at radius 3 is 2.51 bits per heavy atom. The SMILES string of the molecule is CCOC(=O)c1csc(-n2nc(-c3ccc(F)c(C(=O)N4CCCC4)c3)c(Cc3ccc(S(N)(=O)=O)c(F)c3)c2CC2CC2)n1. The van der Waals surface area contributed by atoms with Crippen molar-refractivity contribution in [3.05, 3.63) is 81.5 Å². The van der Waals surface area contributed by atoms with Crippen molar-refractivity contribution >= 4 is 33.2 Å². The van der Waals surface area contributed by atoms with Crippen LogP contribution in [0.15, 0.2) is 46.7 Å². The highest BCUT2D eigenvalue weighted by Gasteiger charge is 2.31. The van der Waals surface area contributed by atoms with Crippen molar-refractivity contribution in [3.63, 3.8) is 0 Å². The molecule has 236 valence electrons. The number of ether oxygens (including phenoxy) is 1. The van der Waals surface area contributed by atoms with Crippen molar-refractivity contribution in [2.75, 3.05) is 19.7 Å². The van der Waals surface area contributed by atoms with Gasteiger partial charge in [-0.2, -0.15) is 5.10 Å². The van der Waals surface area contributed by atoms with E-state index in [2.05, 4.69) is 4.98 Å². The highest BCUT2D eigenvalue weighted by atomic mass is 32.2. The van der Waals surface area contributed by atoms with Crippen LogP contribution in [0.2, 0.25) is 0 Å². The van der Waals surface area contributed by atoms with Crippen LogP contribution in [0.4, 0.5) is 8.78 Å². The molecule has 1 saturated heterocycles. The predicted octanol–water partition coefficient (Wildman–Crippen LogP) is 4.88. The third-order valence-corrected chi connectivity index (χ3v) is 9.73. The summed E-state index contributed by atoms with van der Waals surface area (Å²) >= 11 is 1.20. The zero-order chi connectivity index (χ0) is 31.9. The maximum absolute atomic E-state index is 15.1. The van der Waals surface area contributed by atoms with Crippen molar-refractivity contribution in [3.8, 4) is 16.4 Å². The van der Waals surface area contributed by atoms with Crippen LogP contribution >= 0.6 is 11.3 Å².